The summed E-state index contributed by atoms with van der Waals surface area (Å²) in [5, 5.41) is 4.45. The zero-order valence-corrected chi connectivity index (χ0v) is 12.6. The van der Waals surface area contributed by atoms with Gasteiger partial charge in [-0.25, -0.2) is 0 Å². The van der Waals surface area contributed by atoms with Crippen LogP contribution in [0.4, 0.5) is 0 Å². The minimum Gasteiger partial charge on any atom is -0.376 e. The van der Waals surface area contributed by atoms with Crippen LogP contribution in [0.15, 0.2) is 24.3 Å². The second kappa shape index (κ2) is 7.28. The van der Waals surface area contributed by atoms with Gasteiger partial charge in [0.15, 0.2) is 0 Å². The molecule has 1 aromatic rings. The number of benzene rings is 1. The summed E-state index contributed by atoms with van der Waals surface area (Å²) in [6.45, 7) is 6.42. The largest absolute Gasteiger partial charge is 0.376 e. The molecule has 1 heterocycles. The number of rotatable bonds is 6. The Kier molecular flexibility index (Phi) is 5.68. The van der Waals surface area contributed by atoms with Crippen LogP contribution in [0.3, 0.4) is 0 Å². The molecule has 1 aromatic carbocycles. The molecule has 3 atom stereocenters. The van der Waals surface area contributed by atoms with Crippen LogP contribution < -0.4 is 5.32 Å². The maximum atomic E-state index is 6.07. The zero-order valence-electron chi connectivity index (χ0n) is 11.9. The Morgan fingerprint density at radius 2 is 2.32 bits per heavy atom. The van der Waals surface area contributed by atoms with Crippen molar-refractivity contribution in [1.29, 1.82) is 0 Å². The van der Waals surface area contributed by atoms with Crippen molar-refractivity contribution in [2.75, 3.05) is 13.2 Å². The number of halogens is 1. The van der Waals surface area contributed by atoms with Gasteiger partial charge in [0.2, 0.25) is 0 Å². The molecule has 106 valence electrons. The first kappa shape index (κ1) is 14.8. The van der Waals surface area contributed by atoms with Gasteiger partial charge in [-0.1, -0.05) is 37.6 Å². The zero-order chi connectivity index (χ0) is 13.7. The number of hydrogen-bond donors (Lipinski definition) is 1. The standard InChI is InChI=1S/C16H24ClNO/c1-3-8-18-15(16-12(2)7-9-19-16)11-13-5-4-6-14(17)10-13/h4-6,10,12,15-16,18H,3,7-9,11H2,1-2H3. The van der Waals surface area contributed by atoms with E-state index >= 15 is 0 Å². The van der Waals surface area contributed by atoms with Crippen LogP contribution in [0.2, 0.25) is 5.02 Å². The molecule has 3 heteroatoms. The lowest BCUT2D eigenvalue weighted by Gasteiger charge is -2.27. The van der Waals surface area contributed by atoms with Crippen LogP contribution in [-0.4, -0.2) is 25.3 Å². The van der Waals surface area contributed by atoms with E-state index < -0.39 is 0 Å². The molecule has 0 spiro atoms. The summed E-state index contributed by atoms with van der Waals surface area (Å²) in [5.74, 6) is 0.633. The van der Waals surface area contributed by atoms with Gasteiger partial charge in [0, 0.05) is 17.7 Å². The molecule has 0 radical (unpaired) electrons. The Bertz CT molecular complexity index is 396. The Labute approximate surface area is 121 Å². The summed E-state index contributed by atoms with van der Waals surface area (Å²) in [5.41, 5.74) is 1.28. The average Bonchev–Trinajstić information content (AvgIpc) is 2.81. The van der Waals surface area contributed by atoms with Crippen LogP contribution in [0.1, 0.15) is 32.3 Å². The summed E-state index contributed by atoms with van der Waals surface area (Å²) in [4.78, 5) is 0. The third kappa shape index (κ3) is 4.20. The Morgan fingerprint density at radius 3 is 2.95 bits per heavy atom. The van der Waals surface area contributed by atoms with Crippen molar-refractivity contribution in [3.63, 3.8) is 0 Å². The predicted octanol–water partition coefficient (Wildman–Crippen LogP) is 3.68. The molecule has 0 aliphatic carbocycles. The lowest BCUT2D eigenvalue weighted by atomic mass is 9.93. The highest BCUT2D eigenvalue weighted by Crippen LogP contribution is 2.25. The normalized spacial score (nSPS) is 24.6. The molecule has 19 heavy (non-hydrogen) atoms. The third-order valence-corrected chi connectivity index (χ3v) is 4.08. The van der Waals surface area contributed by atoms with E-state index in [1.165, 1.54) is 12.0 Å². The molecule has 0 bridgehead atoms. The molecular weight excluding hydrogens is 258 g/mol. The SMILES string of the molecule is CCCNC(Cc1cccc(Cl)c1)C1OCCC1C. The van der Waals surface area contributed by atoms with Crippen molar-refractivity contribution in [3.8, 4) is 0 Å². The highest BCUT2D eigenvalue weighted by atomic mass is 35.5. The number of hydrogen-bond acceptors (Lipinski definition) is 2. The van der Waals surface area contributed by atoms with E-state index in [4.69, 9.17) is 16.3 Å². The lowest BCUT2D eigenvalue weighted by Crippen LogP contribution is -2.44. The number of nitrogens with one attached hydrogen (secondary N) is 1. The van der Waals surface area contributed by atoms with Crippen molar-refractivity contribution < 1.29 is 4.74 Å². The van der Waals surface area contributed by atoms with Gasteiger partial charge in [-0.2, -0.15) is 0 Å². The molecular formula is C16H24ClNO. The topological polar surface area (TPSA) is 21.3 Å². The summed E-state index contributed by atoms with van der Waals surface area (Å²) < 4.78 is 5.93. The van der Waals surface area contributed by atoms with Crippen molar-refractivity contribution in [1.82, 2.24) is 5.32 Å². The summed E-state index contributed by atoms with van der Waals surface area (Å²) in [6, 6.07) is 8.53. The van der Waals surface area contributed by atoms with Crippen LogP contribution in [0, 0.1) is 5.92 Å². The maximum Gasteiger partial charge on any atom is 0.0757 e. The van der Waals surface area contributed by atoms with E-state index in [1.54, 1.807) is 0 Å². The van der Waals surface area contributed by atoms with Crippen LogP contribution in [0.5, 0.6) is 0 Å². The second-order valence-corrected chi connectivity index (χ2v) is 5.93. The molecule has 2 rings (SSSR count). The van der Waals surface area contributed by atoms with Gasteiger partial charge in [0.1, 0.15) is 0 Å². The monoisotopic (exact) mass is 281 g/mol. The molecule has 3 unspecified atom stereocenters. The van der Waals surface area contributed by atoms with Crippen molar-refractivity contribution in [2.45, 2.75) is 45.3 Å². The fourth-order valence-corrected chi connectivity index (χ4v) is 3.00. The fraction of sp³-hybridized carbons (Fsp3) is 0.625. The van der Waals surface area contributed by atoms with Gasteiger partial charge >= 0.3 is 0 Å². The van der Waals surface area contributed by atoms with E-state index in [9.17, 15) is 0 Å². The van der Waals surface area contributed by atoms with Crippen molar-refractivity contribution >= 4 is 11.6 Å². The van der Waals surface area contributed by atoms with E-state index in [-0.39, 0.29) is 0 Å². The Balaban J connectivity index is 2.04. The first-order valence-corrected chi connectivity index (χ1v) is 7.68. The van der Waals surface area contributed by atoms with Gasteiger partial charge in [-0.05, 0) is 49.4 Å². The lowest BCUT2D eigenvalue weighted by molar-refractivity contribution is 0.0610. The highest BCUT2D eigenvalue weighted by Gasteiger charge is 2.31. The van der Waals surface area contributed by atoms with Crippen molar-refractivity contribution in [2.24, 2.45) is 5.92 Å². The Hall–Kier alpha value is -0.570. The summed E-state index contributed by atoms with van der Waals surface area (Å²) >= 11 is 6.07. The minimum absolute atomic E-state index is 0.325. The smallest absolute Gasteiger partial charge is 0.0757 e. The summed E-state index contributed by atoms with van der Waals surface area (Å²) in [6.07, 6.45) is 3.62. The first-order valence-electron chi connectivity index (χ1n) is 7.30. The van der Waals surface area contributed by atoms with Crippen LogP contribution >= 0.6 is 11.6 Å². The highest BCUT2D eigenvalue weighted by molar-refractivity contribution is 6.30. The predicted molar refractivity (Wildman–Crippen MR) is 80.8 cm³/mol. The Morgan fingerprint density at radius 1 is 1.47 bits per heavy atom. The van der Waals surface area contributed by atoms with Gasteiger partial charge < -0.3 is 10.1 Å². The van der Waals surface area contributed by atoms with Crippen molar-refractivity contribution in [3.05, 3.63) is 34.9 Å². The van der Waals surface area contributed by atoms with Crippen LogP contribution in [0.25, 0.3) is 0 Å². The summed E-state index contributed by atoms with van der Waals surface area (Å²) in [7, 11) is 0. The minimum atomic E-state index is 0.325. The molecule has 1 aliphatic rings. The van der Waals surface area contributed by atoms with E-state index in [2.05, 4.69) is 31.3 Å². The molecule has 1 fully saturated rings. The molecule has 0 aromatic heterocycles. The fourth-order valence-electron chi connectivity index (χ4n) is 2.78. The quantitative estimate of drug-likeness (QED) is 0.859. The molecule has 1 saturated heterocycles. The van der Waals surface area contributed by atoms with Gasteiger partial charge in [-0.15, -0.1) is 0 Å². The first-order chi connectivity index (χ1) is 9.20. The maximum absolute atomic E-state index is 6.07. The molecule has 0 saturated carbocycles. The molecule has 0 amide bonds. The molecule has 1 aliphatic heterocycles. The van der Waals surface area contributed by atoms with Crippen LogP contribution in [-0.2, 0) is 11.2 Å². The second-order valence-electron chi connectivity index (χ2n) is 5.50. The van der Waals surface area contributed by atoms with E-state index in [1.807, 2.05) is 12.1 Å². The van der Waals surface area contributed by atoms with Gasteiger partial charge in [-0.3, -0.25) is 0 Å². The van der Waals surface area contributed by atoms with E-state index in [0.29, 0.717) is 18.1 Å². The van der Waals surface area contributed by atoms with Gasteiger partial charge in [0.25, 0.3) is 0 Å². The molecule has 2 nitrogen and oxygen atoms in total. The molecule has 1 N–H and O–H groups in total. The van der Waals surface area contributed by atoms with Gasteiger partial charge in [0.05, 0.1) is 6.10 Å². The number of ether oxygens (including phenoxy) is 1. The van der Waals surface area contributed by atoms with E-state index in [0.717, 1.165) is 31.0 Å². The third-order valence-electron chi connectivity index (χ3n) is 3.84. The average molecular weight is 282 g/mol.